The SMILES string of the molecule is CCOC1CCCN(S(=O)(=O)c2n[nH]c(C)c2C(=O)O)C1. The van der Waals surface area contributed by atoms with Crippen LogP contribution in [0.3, 0.4) is 0 Å². The number of sulfonamides is 1. The van der Waals surface area contributed by atoms with E-state index in [-0.39, 0.29) is 23.9 Å². The number of ether oxygens (including phenoxy) is 1. The molecule has 0 spiro atoms. The van der Waals surface area contributed by atoms with Gasteiger partial charge in [0.25, 0.3) is 10.0 Å². The first-order valence-electron chi connectivity index (χ1n) is 6.78. The number of H-pyrrole nitrogens is 1. The van der Waals surface area contributed by atoms with Crippen molar-refractivity contribution < 1.29 is 23.1 Å². The molecule has 1 unspecified atom stereocenters. The second-order valence-electron chi connectivity index (χ2n) is 4.92. The third-order valence-corrected chi connectivity index (χ3v) is 5.25. The predicted octanol–water partition coefficient (Wildman–Crippen LogP) is 0.606. The Morgan fingerprint density at radius 3 is 2.90 bits per heavy atom. The Hall–Kier alpha value is -1.45. The summed E-state index contributed by atoms with van der Waals surface area (Å²) in [7, 11) is -3.94. The monoisotopic (exact) mass is 317 g/mol. The van der Waals surface area contributed by atoms with Crippen molar-refractivity contribution >= 4 is 16.0 Å². The number of hydrogen-bond acceptors (Lipinski definition) is 5. The number of piperidine rings is 1. The number of aromatic nitrogens is 2. The van der Waals surface area contributed by atoms with E-state index >= 15 is 0 Å². The van der Waals surface area contributed by atoms with Crippen LogP contribution in [0.1, 0.15) is 35.8 Å². The Morgan fingerprint density at radius 2 is 2.29 bits per heavy atom. The normalized spacial score (nSPS) is 20.6. The van der Waals surface area contributed by atoms with Crippen molar-refractivity contribution in [2.75, 3.05) is 19.7 Å². The minimum atomic E-state index is -3.94. The van der Waals surface area contributed by atoms with Gasteiger partial charge in [-0.25, -0.2) is 13.2 Å². The number of rotatable bonds is 5. The molecule has 0 amide bonds. The Morgan fingerprint density at radius 1 is 1.57 bits per heavy atom. The van der Waals surface area contributed by atoms with Gasteiger partial charge >= 0.3 is 5.97 Å². The van der Waals surface area contributed by atoms with Crippen LogP contribution >= 0.6 is 0 Å². The zero-order valence-corrected chi connectivity index (χ0v) is 12.8. The molecule has 2 rings (SSSR count). The van der Waals surface area contributed by atoms with Crippen LogP contribution in [0.25, 0.3) is 0 Å². The van der Waals surface area contributed by atoms with E-state index in [1.54, 1.807) is 0 Å². The number of carboxylic acids is 1. The van der Waals surface area contributed by atoms with E-state index in [4.69, 9.17) is 9.84 Å². The summed E-state index contributed by atoms with van der Waals surface area (Å²) in [5.41, 5.74) is -0.0759. The minimum Gasteiger partial charge on any atom is -0.478 e. The summed E-state index contributed by atoms with van der Waals surface area (Å²) in [6.45, 7) is 4.42. The van der Waals surface area contributed by atoms with E-state index in [0.717, 1.165) is 6.42 Å². The molecule has 1 aromatic rings. The highest BCUT2D eigenvalue weighted by Gasteiger charge is 2.36. The molecule has 2 N–H and O–H groups in total. The zero-order valence-electron chi connectivity index (χ0n) is 12.0. The van der Waals surface area contributed by atoms with E-state index in [1.807, 2.05) is 6.92 Å². The molecule has 9 heteroatoms. The highest BCUT2D eigenvalue weighted by molar-refractivity contribution is 7.89. The van der Waals surface area contributed by atoms with Crippen molar-refractivity contribution in [3.8, 4) is 0 Å². The molecule has 1 aliphatic heterocycles. The molecule has 0 aromatic carbocycles. The fraction of sp³-hybridized carbons (Fsp3) is 0.667. The zero-order chi connectivity index (χ0) is 15.6. The fourth-order valence-corrected chi connectivity index (χ4v) is 4.10. The molecular weight excluding hydrogens is 298 g/mol. The summed E-state index contributed by atoms with van der Waals surface area (Å²) >= 11 is 0. The third kappa shape index (κ3) is 3.09. The third-order valence-electron chi connectivity index (χ3n) is 3.46. The smallest absolute Gasteiger partial charge is 0.340 e. The first kappa shape index (κ1) is 15.9. The largest absolute Gasteiger partial charge is 0.478 e. The Balaban J connectivity index is 2.32. The van der Waals surface area contributed by atoms with Gasteiger partial charge in [0.15, 0.2) is 0 Å². The summed E-state index contributed by atoms with van der Waals surface area (Å²) in [5, 5.41) is 14.9. The van der Waals surface area contributed by atoms with Crippen LogP contribution in [0.5, 0.6) is 0 Å². The molecule has 1 atom stereocenters. The summed E-state index contributed by atoms with van der Waals surface area (Å²) in [6, 6.07) is 0. The number of aromatic amines is 1. The van der Waals surface area contributed by atoms with Crippen LogP contribution in [0.4, 0.5) is 0 Å². The van der Waals surface area contributed by atoms with Gasteiger partial charge in [-0.15, -0.1) is 0 Å². The number of carbonyl (C=O) groups is 1. The maximum atomic E-state index is 12.6. The van der Waals surface area contributed by atoms with Crippen LogP contribution in [0.2, 0.25) is 0 Å². The quantitative estimate of drug-likeness (QED) is 0.822. The highest BCUT2D eigenvalue weighted by atomic mass is 32.2. The Labute approximate surface area is 123 Å². The Bertz CT molecular complexity index is 623. The van der Waals surface area contributed by atoms with E-state index in [2.05, 4.69) is 10.2 Å². The van der Waals surface area contributed by atoms with Crippen LogP contribution < -0.4 is 0 Å². The van der Waals surface area contributed by atoms with Crippen molar-refractivity contribution in [3.63, 3.8) is 0 Å². The summed E-state index contributed by atoms with van der Waals surface area (Å²) in [6.07, 6.45) is 1.31. The molecule has 0 saturated carbocycles. The topological polar surface area (TPSA) is 113 Å². The van der Waals surface area contributed by atoms with E-state index < -0.39 is 21.0 Å². The van der Waals surface area contributed by atoms with Gasteiger partial charge < -0.3 is 9.84 Å². The molecular formula is C12H19N3O5S. The molecule has 118 valence electrons. The summed E-state index contributed by atoms with van der Waals surface area (Å²) < 4.78 is 31.9. The maximum absolute atomic E-state index is 12.6. The van der Waals surface area contributed by atoms with Crippen molar-refractivity contribution in [2.45, 2.75) is 37.8 Å². The molecule has 0 aliphatic carbocycles. The van der Waals surface area contributed by atoms with Crippen molar-refractivity contribution in [2.24, 2.45) is 0 Å². The van der Waals surface area contributed by atoms with E-state index in [1.165, 1.54) is 11.2 Å². The van der Waals surface area contributed by atoms with Crippen LogP contribution in [0.15, 0.2) is 5.03 Å². The lowest BCUT2D eigenvalue weighted by Crippen LogP contribution is -2.43. The van der Waals surface area contributed by atoms with Crippen LogP contribution in [-0.2, 0) is 14.8 Å². The number of aryl methyl sites for hydroxylation is 1. The standard InChI is InChI=1S/C12H19N3O5S/c1-3-20-9-5-4-6-15(7-9)21(18,19)11-10(12(16)17)8(2)13-14-11/h9H,3-7H2,1-2H3,(H,13,14)(H,16,17). The molecule has 0 bridgehead atoms. The van der Waals surface area contributed by atoms with Gasteiger partial charge in [-0.1, -0.05) is 0 Å². The van der Waals surface area contributed by atoms with Gasteiger partial charge in [-0.2, -0.15) is 9.40 Å². The number of hydrogen-bond donors (Lipinski definition) is 2. The van der Waals surface area contributed by atoms with Gasteiger partial charge in [0, 0.05) is 25.4 Å². The van der Waals surface area contributed by atoms with Crippen LogP contribution in [0, 0.1) is 6.92 Å². The molecule has 1 saturated heterocycles. The predicted molar refractivity (Wildman–Crippen MR) is 73.7 cm³/mol. The minimum absolute atomic E-state index is 0.160. The van der Waals surface area contributed by atoms with Crippen molar-refractivity contribution in [3.05, 3.63) is 11.3 Å². The molecule has 21 heavy (non-hydrogen) atoms. The average molecular weight is 317 g/mol. The molecule has 0 radical (unpaired) electrons. The summed E-state index contributed by atoms with van der Waals surface area (Å²) in [5.74, 6) is -1.31. The Kier molecular flexibility index (Phi) is 4.64. The molecule has 1 fully saturated rings. The number of nitrogens with one attached hydrogen (secondary N) is 1. The summed E-state index contributed by atoms with van der Waals surface area (Å²) in [4.78, 5) is 11.2. The van der Waals surface area contributed by atoms with Gasteiger partial charge in [-0.3, -0.25) is 5.10 Å². The lowest BCUT2D eigenvalue weighted by atomic mass is 10.1. The fourth-order valence-electron chi connectivity index (χ4n) is 2.46. The molecule has 2 heterocycles. The van der Waals surface area contributed by atoms with Gasteiger partial charge in [0.05, 0.1) is 6.10 Å². The first-order valence-corrected chi connectivity index (χ1v) is 8.22. The van der Waals surface area contributed by atoms with Crippen molar-refractivity contribution in [1.29, 1.82) is 0 Å². The lowest BCUT2D eigenvalue weighted by Gasteiger charge is -2.31. The number of aromatic carboxylic acids is 1. The average Bonchev–Trinajstić information content (AvgIpc) is 2.82. The first-order chi connectivity index (χ1) is 9.87. The molecule has 1 aliphatic rings. The van der Waals surface area contributed by atoms with Crippen molar-refractivity contribution in [1.82, 2.24) is 14.5 Å². The molecule has 1 aromatic heterocycles. The number of nitrogens with zero attached hydrogens (tertiary/aromatic N) is 2. The van der Waals surface area contributed by atoms with Gasteiger partial charge in [-0.05, 0) is 26.7 Å². The highest BCUT2D eigenvalue weighted by Crippen LogP contribution is 2.24. The second kappa shape index (κ2) is 6.12. The second-order valence-corrected chi connectivity index (χ2v) is 6.77. The van der Waals surface area contributed by atoms with Gasteiger partial charge in [0.2, 0.25) is 5.03 Å². The van der Waals surface area contributed by atoms with Gasteiger partial charge in [0.1, 0.15) is 5.56 Å². The van der Waals surface area contributed by atoms with Crippen LogP contribution in [-0.4, -0.2) is 59.8 Å². The van der Waals surface area contributed by atoms with E-state index in [9.17, 15) is 13.2 Å². The number of carboxylic acid groups (broad SMARTS) is 1. The lowest BCUT2D eigenvalue weighted by molar-refractivity contribution is 0.0264. The molecule has 8 nitrogen and oxygen atoms in total. The van der Waals surface area contributed by atoms with E-state index in [0.29, 0.717) is 19.6 Å². The maximum Gasteiger partial charge on any atom is 0.340 e.